The number of ketones is 1. The van der Waals surface area contributed by atoms with Gasteiger partial charge in [0.25, 0.3) is 0 Å². The molecule has 140 valence electrons. The third kappa shape index (κ3) is 4.64. The van der Waals surface area contributed by atoms with E-state index in [4.69, 9.17) is 4.74 Å². The molecule has 0 fully saturated rings. The van der Waals surface area contributed by atoms with Crippen LogP contribution in [-0.2, 0) is 0 Å². The Morgan fingerprint density at radius 2 is 1.93 bits per heavy atom. The molecule has 0 saturated heterocycles. The van der Waals surface area contributed by atoms with E-state index < -0.39 is 0 Å². The first-order chi connectivity index (χ1) is 13.6. The van der Waals surface area contributed by atoms with Gasteiger partial charge < -0.3 is 10.1 Å². The summed E-state index contributed by atoms with van der Waals surface area (Å²) in [5.74, 6) is 0.837. The van der Waals surface area contributed by atoms with E-state index in [2.05, 4.69) is 16.4 Å². The number of anilines is 1. The minimum absolute atomic E-state index is 0.0180. The summed E-state index contributed by atoms with van der Waals surface area (Å²) in [7, 11) is 0. The second kappa shape index (κ2) is 8.98. The zero-order valence-corrected chi connectivity index (χ0v) is 16.4. The highest BCUT2D eigenvalue weighted by Gasteiger charge is 2.09. The minimum Gasteiger partial charge on any atom is -0.494 e. The van der Waals surface area contributed by atoms with Gasteiger partial charge in [0, 0.05) is 28.4 Å². The van der Waals surface area contributed by atoms with Crippen LogP contribution in [0.25, 0.3) is 16.8 Å². The summed E-state index contributed by atoms with van der Waals surface area (Å²) in [5, 5.41) is 15.1. The molecule has 0 saturated carbocycles. The number of hydrogen-bond donors (Lipinski definition) is 1. The highest BCUT2D eigenvalue weighted by atomic mass is 32.1. The van der Waals surface area contributed by atoms with E-state index >= 15 is 0 Å². The number of benzene rings is 2. The van der Waals surface area contributed by atoms with Gasteiger partial charge in [-0.3, -0.25) is 4.79 Å². The number of thiazole rings is 1. The van der Waals surface area contributed by atoms with Gasteiger partial charge in [-0.1, -0.05) is 0 Å². The molecule has 1 aromatic heterocycles. The molecular weight excluding hydrogens is 370 g/mol. The Bertz CT molecular complexity index is 1030. The largest absolute Gasteiger partial charge is 0.494 e. The second-order valence-corrected chi connectivity index (χ2v) is 6.80. The maximum absolute atomic E-state index is 11.3. The SMILES string of the molecule is CCOc1ccc(-c2csc(/C(C#N)=C/Nc3ccc(C(C)=O)cc3)n2)cc1. The smallest absolute Gasteiger partial charge is 0.159 e. The zero-order chi connectivity index (χ0) is 19.9. The normalized spacial score (nSPS) is 11.0. The lowest BCUT2D eigenvalue weighted by molar-refractivity contribution is 0.101. The molecule has 0 aliphatic carbocycles. The monoisotopic (exact) mass is 389 g/mol. The fraction of sp³-hybridized carbons (Fsp3) is 0.136. The van der Waals surface area contributed by atoms with Gasteiger partial charge in [-0.2, -0.15) is 5.26 Å². The van der Waals surface area contributed by atoms with Crippen molar-refractivity contribution >= 4 is 28.4 Å². The third-order valence-electron chi connectivity index (χ3n) is 3.99. The summed E-state index contributed by atoms with van der Waals surface area (Å²) < 4.78 is 5.46. The van der Waals surface area contributed by atoms with E-state index in [1.54, 1.807) is 30.5 Å². The van der Waals surface area contributed by atoms with Crippen LogP contribution < -0.4 is 10.1 Å². The highest BCUT2D eigenvalue weighted by Crippen LogP contribution is 2.27. The quantitative estimate of drug-likeness (QED) is 0.433. The predicted octanol–water partition coefficient (Wildman–Crippen LogP) is 5.39. The number of hydrogen-bond acceptors (Lipinski definition) is 6. The molecule has 5 nitrogen and oxygen atoms in total. The third-order valence-corrected chi connectivity index (χ3v) is 4.87. The topological polar surface area (TPSA) is 75.0 Å². The molecule has 0 amide bonds. The van der Waals surface area contributed by atoms with Crippen LogP contribution in [0, 0.1) is 11.3 Å². The average molecular weight is 389 g/mol. The van der Waals surface area contributed by atoms with Crippen molar-refractivity contribution in [3.8, 4) is 23.1 Å². The molecule has 3 aromatic rings. The summed E-state index contributed by atoms with van der Waals surface area (Å²) in [6.07, 6.45) is 1.63. The number of nitriles is 1. The van der Waals surface area contributed by atoms with Crippen LogP contribution in [0.1, 0.15) is 29.2 Å². The molecule has 0 unspecified atom stereocenters. The first-order valence-electron chi connectivity index (χ1n) is 8.77. The lowest BCUT2D eigenvalue weighted by Crippen LogP contribution is -1.94. The van der Waals surface area contributed by atoms with Gasteiger partial charge in [0.2, 0.25) is 0 Å². The number of rotatable bonds is 7. The van der Waals surface area contributed by atoms with E-state index in [1.165, 1.54) is 18.3 Å². The fourth-order valence-corrected chi connectivity index (χ4v) is 3.31. The maximum Gasteiger partial charge on any atom is 0.159 e. The number of nitrogens with zero attached hydrogens (tertiary/aromatic N) is 2. The Hall–Kier alpha value is -3.43. The summed E-state index contributed by atoms with van der Waals surface area (Å²) in [4.78, 5) is 15.9. The van der Waals surface area contributed by atoms with Crippen molar-refractivity contribution in [1.82, 2.24) is 4.98 Å². The minimum atomic E-state index is 0.0180. The Labute approximate surface area is 167 Å². The molecule has 0 atom stereocenters. The van der Waals surface area contributed by atoms with Gasteiger partial charge in [0.15, 0.2) is 5.78 Å². The van der Waals surface area contributed by atoms with E-state index in [9.17, 15) is 10.1 Å². The number of nitrogens with one attached hydrogen (secondary N) is 1. The van der Waals surface area contributed by atoms with Crippen molar-refractivity contribution in [2.45, 2.75) is 13.8 Å². The van der Waals surface area contributed by atoms with Gasteiger partial charge in [0.1, 0.15) is 22.4 Å². The second-order valence-electron chi connectivity index (χ2n) is 5.94. The lowest BCUT2D eigenvalue weighted by Gasteiger charge is -2.03. The molecule has 0 spiro atoms. The van der Waals surface area contributed by atoms with Crippen molar-refractivity contribution in [3.05, 3.63) is 70.7 Å². The highest BCUT2D eigenvalue weighted by molar-refractivity contribution is 7.11. The van der Waals surface area contributed by atoms with E-state index in [1.807, 2.05) is 36.6 Å². The summed E-state index contributed by atoms with van der Waals surface area (Å²) >= 11 is 1.42. The molecule has 1 N–H and O–H groups in total. The Balaban J connectivity index is 1.75. The molecule has 2 aromatic carbocycles. The molecular formula is C22H19N3O2S. The number of allylic oxidation sites excluding steroid dienone is 1. The van der Waals surface area contributed by atoms with Crippen LogP contribution in [0.2, 0.25) is 0 Å². The van der Waals surface area contributed by atoms with E-state index in [0.717, 1.165) is 22.7 Å². The maximum atomic E-state index is 11.3. The van der Waals surface area contributed by atoms with Gasteiger partial charge in [0.05, 0.1) is 12.3 Å². The van der Waals surface area contributed by atoms with E-state index in [-0.39, 0.29) is 5.78 Å². The van der Waals surface area contributed by atoms with E-state index in [0.29, 0.717) is 22.8 Å². The van der Waals surface area contributed by atoms with Crippen molar-refractivity contribution in [2.75, 3.05) is 11.9 Å². The van der Waals surface area contributed by atoms with Crippen LogP contribution in [-0.4, -0.2) is 17.4 Å². The van der Waals surface area contributed by atoms with Crippen molar-refractivity contribution in [3.63, 3.8) is 0 Å². The molecule has 3 rings (SSSR count). The Morgan fingerprint density at radius 3 is 2.54 bits per heavy atom. The first kappa shape index (κ1) is 19.3. The van der Waals surface area contributed by atoms with Crippen LogP contribution in [0.4, 0.5) is 5.69 Å². The van der Waals surface area contributed by atoms with Gasteiger partial charge in [-0.25, -0.2) is 4.98 Å². The molecule has 0 radical (unpaired) electrons. The van der Waals surface area contributed by atoms with Crippen molar-refractivity contribution in [1.29, 1.82) is 5.26 Å². The fourth-order valence-electron chi connectivity index (χ4n) is 2.52. The van der Waals surface area contributed by atoms with Gasteiger partial charge in [-0.15, -0.1) is 11.3 Å². The Morgan fingerprint density at radius 1 is 1.21 bits per heavy atom. The van der Waals surface area contributed by atoms with Crippen LogP contribution >= 0.6 is 11.3 Å². The molecule has 0 bridgehead atoms. The van der Waals surface area contributed by atoms with Gasteiger partial charge in [-0.05, 0) is 62.4 Å². The molecule has 6 heteroatoms. The molecule has 1 heterocycles. The standard InChI is InChI=1S/C22H19N3O2S/c1-3-27-20-10-6-17(7-11-20)21-14-28-22(25-21)18(12-23)13-24-19-8-4-16(5-9-19)15(2)26/h4-11,13-14,24H,3H2,1-2H3/b18-13+. The number of ether oxygens (including phenoxy) is 1. The summed E-state index contributed by atoms with van der Waals surface area (Å²) in [6.45, 7) is 4.10. The Kier molecular flexibility index (Phi) is 6.20. The number of Topliss-reactive ketones (excluding diaryl/α,β-unsaturated/α-hetero) is 1. The first-order valence-corrected chi connectivity index (χ1v) is 9.65. The molecule has 0 aliphatic heterocycles. The average Bonchev–Trinajstić information content (AvgIpc) is 3.20. The zero-order valence-electron chi connectivity index (χ0n) is 15.6. The lowest BCUT2D eigenvalue weighted by atomic mass is 10.1. The number of aromatic nitrogens is 1. The number of carbonyl (C=O) groups is 1. The summed E-state index contributed by atoms with van der Waals surface area (Å²) in [6, 6.07) is 17.0. The van der Waals surface area contributed by atoms with Crippen LogP contribution in [0.3, 0.4) is 0 Å². The number of carbonyl (C=O) groups excluding carboxylic acids is 1. The van der Waals surface area contributed by atoms with Crippen molar-refractivity contribution < 1.29 is 9.53 Å². The summed E-state index contributed by atoms with van der Waals surface area (Å²) in [5.41, 5.74) is 3.67. The van der Waals surface area contributed by atoms with Gasteiger partial charge >= 0.3 is 0 Å². The van der Waals surface area contributed by atoms with Crippen LogP contribution in [0.15, 0.2) is 60.1 Å². The van der Waals surface area contributed by atoms with Crippen molar-refractivity contribution in [2.24, 2.45) is 0 Å². The van der Waals surface area contributed by atoms with Crippen LogP contribution in [0.5, 0.6) is 5.75 Å². The molecule has 28 heavy (non-hydrogen) atoms. The predicted molar refractivity (Wildman–Crippen MR) is 112 cm³/mol. The molecule has 0 aliphatic rings.